The highest BCUT2D eigenvalue weighted by atomic mass is 16.2. The molecule has 1 amide bonds. The van der Waals surface area contributed by atoms with E-state index in [1.54, 1.807) is 17.8 Å². The number of nitrogens with one attached hydrogen (secondary N) is 1. The number of hydrogen-bond donors (Lipinski definition) is 1. The van der Waals surface area contributed by atoms with E-state index in [0.29, 0.717) is 11.1 Å². The molecule has 1 atom stereocenters. The number of aromatic nitrogens is 3. The fraction of sp³-hybridized carbons (Fsp3) is 0.350. The second kappa shape index (κ2) is 7.15. The average Bonchev–Trinajstić information content (AvgIpc) is 3.04. The Morgan fingerprint density at radius 2 is 2.04 bits per heavy atom. The zero-order chi connectivity index (χ0) is 18.8. The van der Waals surface area contributed by atoms with Crippen LogP contribution in [-0.4, -0.2) is 20.3 Å². The van der Waals surface area contributed by atoms with Crippen LogP contribution in [0.3, 0.4) is 0 Å². The fourth-order valence-electron chi connectivity index (χ4n) is 3.15. The Labute approximate surface area is 152 Å². The van der Waals surface area contributed by atoms with Crippen LogP contribution in [0, 0.1) is 6.92 Å². The van der Waals surface area contributed by atoms with Gasteiger partial charge in [0.1, 0.15) is 0 Å². The molecule has 0 spiro atoms. The van der Waals surface area contributed by atoms with Gasteiger partial charge in [0.25, 0.3) is 11.5 Å². The zero-order valence-electron chi connectivity index (χ0n) is 15.6. The van der Waals surface area contributed by atoms with Crippen LogP contribution in [0.2, 0.25) is 0 Å². The summed E-state index contributed by atoms with van der Waals surface area (Å²) in [7, 11) is 1.75. The van der Waals surface area contributed by atoms with E-state index in [1.807, 2.05) is 41.9 Å². The summed E-state index contributed by atoms with van der Waals surface area (Å²) < 4.78 is 3.48. The Morgan fingerprint density at radius 1 is 1.31 bits per heavy atom. The molecule has 0 saturated heterocycles. The van der Waals surface area contributed by atoms with Crippen LogP contribution < -0.4 is 10.9 Å². The number of hydrogen-bond acceptors (Lipinski definition) is 3. The predicted molar refractivity (Wildman–Crippen MR) is 102 cm³/mol. The molecular formula is C20H24N4O2. The second-order valence-electron chi connectivity index (χ2n) is 6.62. The van der Waals surface area contributed by atoms with Crippen molar-refractivity contribution in [1.29, 1.82) is 0 Å². The molecule has 3 aromatic rings. The molecule has 0 aliphatic rings. The first-order chi connectivity index (χ1) is 12.4. The second-order valence-corrected chi connectivity index (χ2v) is 6.62. The summed E-state index contributed by atoms with van der Waals surface area (Å²) >= 11 is 0. The topological polar surface area (TPSA) is 68.9 Å². The molecule has 6 nitrogen and oxygen atoms in total. The van der Waals surface area contributed by atoms with E-state index in [9.17, 15) is 9.59 Å². The number of nitrogens with zero attached hydrogens (tertiary/aromatic N) is 3. The van der Waals surface area contributed by atoms with Gasteiger partial charge in [0.15, 0.2) is 0 Å². The Balaban J connectivity index is 1.82. The van der Waals surface area contributed by atoms with Gasteiger partial charge in [-0.15, -0.1) is 0 Å². The van der Waals surface area contributed by atoms with Crippen molar-refractivity contribution in [2.75, 3.05) is 0 Å². The SMILES string of the molecule is CCC(C)n1ncc(C(=O)NCc2cc3ccccc3n(C)c2=O)c1C. The van der Waals surface area contributed by atoms with Gasteiger partial charge in [-0.05, 0) is 37.8 Å². The summed E-state index contributed by atoms with van der Waals surface area (Å²) in [6.45, 7) is 6.23. The third kappa shape index (κ3) is 3.14. The lowest BCUT2D eigenvalue weighted by Crippen LogP contribution is -2.29. The largest absolute Gasteiger partial charge is 0.348 e. The molecule has 2 heterocycles. The summed E-state index contributed by atoms with van der Waals surface area (Å²) in [5, 5.41) is 8.15. The molecule has 0 aliphatic heterocycles. The van der Waals surface area contributed by atoms with E-state index >= 15 is 0 Å². The van der Waals surface area contributed by atoms with Crippen molar-refractivity contribution in [1.82, 2.24) is 19.7 Å². The quantitative estimate of drug-likeness (QED) is 0.767. The molecule has 0 bridgehead atoms. The Hall–Kier alpha value is -2.89. The van der Waals surface area contributed by atoms with Gasteiger partial charge in [0, 0.05) is 30.9 Å². The smallest absolute Gasteiger partial charge is 0.255 e. The maximum absolute atomic E-state index is 12.5. The van der Waals surface area contributed by atoms with E-state index in [1.165, 1.54) is 0 Å². The fourth-order valence-corrected chi connectivity index (χ4v) is 3.15. The molecule has 1 aromatic carbocycles. The van der Waals surface area contributed by atoms with Crippen LogP contribution >= 0.6 is 0 Å². The highest BCUT2D eigenvalue weighted by Gasteiger charge is 2.17. The summed E-state index contributed by atoms with van der Waals surface area (Å²) in [4.78, 5) is 25.1. The summed E-state index contributed by atoms with van der Waals surface area (Å²) in [5.74, 6) is -0.215. The molecule has 26 heavy (non-hydrogen) atoms. The number of benzene rings is 1. The molecule has 6 heteroatoms. The maximum atomic E-state index is 12.5. The first-order valence-corrected chi connectivity index (χ1v) is 8.84. The molecule has 0 aliphatic carbocycles. The van der Waals surface area contributed by atoms with Crippen molar-refractivity contribution in [2.24, 2.45) is 7.05 Å². The standard InChI is InChI=1S/C20H24N4O2/c1-5-13(2)24-14(3)17(12-22-24)19(25)21-11-16-10-15-8-6-7-9-18(15)23(4)20(16)26/h6-10,12-13H,5,11H2,1-4H3,(H,21,25). The molecule has 0 saturated carbocycles. The Morgan fingerprint density at radius 3 is 2.77 bits per heavy atom. The van der Waals surface area contributed by atoms with E-state index in [2.05, 4.69) is 24.3 Å². The Kier molecular flexibility index (Phi) is 4.93. The van der Waals surface area contributed by atoms with E-state index in [-0.39, 0.29) is 24.1 Å². The van der Waals surface area contributed by atoms with E-state index in [4.69, 9.17) is 0 Å². The predicted octanol–water partition coefficient (Wildman–Crippen LogP) is 2.94. The summed E-state index contributed by atoms with van der Waals surface area (Å²) in [6, 6.07) is 9.78. The number of para-hydroxylation sites is 1. The van der Waals surface area contributed by atoms with Gasteiger partial charge in [-0.1, -0.05) is 25.1 Å². The number of pyridine rings is 1. The minimum absolute atomic E-state index is 0.101. The summed E-state index contributed by atoms with van der Waals surface area (Å²) in [6.07, 6.45) is 2.53. The molecule has 1 unspecified atom stereocenters. The summed E-state index contributed by atoms with van der Waals surface area (Å²) in [5.41, 5.74) is 2.71. The molecular weight excluding hydrogens is 328 g/mol. The van der Waals surface area contributed by atoms with Crippen LogP contribution in [0.5, 0.6) is 0 Å². The lowest BCUT2D eigenvalue weighted by molar-refractivity contribution is 0.0950. The minimum Gasteiger partial charge on any atom is -0.348 e. The van der Waals surface area contributed by atoms with Crippen molar-refractivity contribution >= 4 is 16.8 Å². The number of aryl methyl sites for hydroxylation is 1. The van der Waals surface area contributed by atoms with Crippen LogP contribution in [0.15, 0.2) is 41.3 Å². The number of rotatable bonds is 5. The van der Waals surface area contributed by atoms with E-state index < -0.39 is 0 Å². The Bertz CT molecular complexity index is 1020. The van der Waals surface area contributed by atoms with Crippen molar-refractivity contribution in [3.63, 3.8) is 0 Å². The number of carbonyl (C=O) groups is 1. The zero-order valence-corrected chi connectivity index (χ0v) is 15.6. The minimum atomic E-state index is -0.215. The van der Waals surface area contributed by atoms with Crippen LogP contribution in [0.4, 0.5) is 0 Å². The molecule has 3 rings (SSSR count). The van der Waals surface area contributed by atoms with Crippen molar-refractivity contribution in [3.05, 3.63) is 63.7 Å². The third-order valence-electron chi connectivity index (χ3n) is 4.94. The van der Waals surface area contributed by atoms with Crippen LogP contribution in [-0.2, 0) is 13.6 Å². The highest BCUT2D eigenvalue weighted by Crippen LogP contribution is 2.16. The first kappa shape index (κ1) is 17.9. The molecule has 136 valence electrons. The first-order valence-electron chi connectivity index (χ1n) is 8.84. The third-order valence-corrected chi connectivity index (χ3v) is 4.94. The van der Waals surface area contributed by atoms with Gasteiger partial charge in [-0.25, -0.2) is 0 Å². The van der Waals surface area contributed by atoms with Gasteiger partial charge in [-0.2, -0.15) is 5.10 Å². The maximum Gasteiger partial charge on any atom is 0.255 e. The normalized spacial score (nSPS) is 12.3. The van der Waals surface area contributed by atoms with Gasteiger partial charge in [0.05, 0.1) is 17.3 Å². The van der Waals surface area contributed by atoms with Crippen LogP contribution in [0.25, 0.3) is 10.9 Å². The van der Waals surface area contributed by atoms with E-state index in [0.717, 1.165) is 23.0 Å². The average molecular weight is 352 g/mol. The van der Waals surface area contributed by atoms with Gasteiger partial charge in [0.2, 0.25) is 0 Å². The lowest BCUT2D eigenvalue weighted by atomic mass is 10.1. The van der Waals surface area contributed by atoms with Crippen molar-refractivity contribution < 1.29 is 4.79 Å². The van der Waals surface area contributed by atoms with Crippen molar-refractivity contribution in [3.8, 4) is 0 Å². The van der Waals surface area contributed by atoms with Gasteiger partial charge >= 0.3 is 0 Å². The molecule has 2 aromatic heterocycles. The molecule has 1 N–H and O–H groups in total. The van der Waals surface area contributed by atoms with Gasteiger partial charge in [-0.3, -0.25) is 14.3 Å². The molecule has 0 fully saturated rings. The number of carbonyl (C=O) groups excluding carboxylic acids is 1. The van der Waals surface area contributed by atoms with Crippen LogP contribution in [0.1, 0.15) is 47.9 Å². The lowest BCUT2D eigenvalue weighted by Gasteiger charge is -2.12. The monoisotopic (exact) mass is 352 g/mol. The number of amides is 1. The van der Waals surface area contributed by atoms with Gasteiger partial charge < -0.3 is 9.88 Å². The highest BCUT2D eigenvalue weighted by molar-refractivity contribution is 5.95. The molecule has 0 radical (unpaired) electrons. The number of fused-ring (bicyclic) bond motifs is 1. The van der Waals surface area contributed by atoms with Crippen molar-refractivity contribution in [2.45, 2.75) is 39.8 Å².